The first-order valence-corrected chi connectivity index (χ1v) is 7.52. The van der Waals surface area contributed by atoms with Crippen LogP contribution in [0.15, 0.2) is 34.1 Å². The largest absolute Gasteiger partial charge is 0.497 e. The lowest BCUT2D eigenvalue weighted by Crippen LogP contribution is -1.92. The number of carboxylic acids is 1. The second-order valence-electron chi connectivity index (χ2n) is 3.73. The molecule has 0 saturated carbocycles. The second-order valence-corrected chi connectivity index (χ2v) is 5.79. The van der Waals surface area contributed by atoms with Crippen LogP contribution in [0.1, 0.15) is 11.1 Å². The van der Waals surface area contributed by atoms with Gasteiger partial charge in [0.05, 0.1) is 7.11 Å². The predicted octanol–water partition coefficient (Wildman–Crippen LogP) is 2.94. The summed E-state index contributed by atoms with van der Waals surface area (Å²) in [6, 6.07) is 5.55. The molecule has 7 heteroatoms. The SMILES string of the molecule is COc1ccc(C=CC(=O)O)c(CSc2nncs2)c1. The van der Waals surface area contributed by atoms with Crippen LogP contribution in [0.5, 0.6) is 5.75 Å². The van der Waals surface area contributed by atoms with Gasteiger partial charge in [0.15, 0.2) is 4.34 Å². The van der Waals surface area contributed by atoms with Crippen LogP contribution in [0.3, 0.4) is 0 Å². The number of carbonyl (C=O) groups is 1. The summed E-state index contributed by atoms with van der Waals surface area (Å²) >= 11 is 3.03. The third kappa shape index (κ3) is 4.07. The van der Waals surface area contributed by atoms with Gasteiger partial charge in [-0.3, -0.25) is 0 Å². The first-order valence-electron chi connectivity index (χ1n) is 5.66. The van der Waals surface area contributed by atoms with Gasteiger partial charge in [-0.25, -0.2) is 4.79 Å². The molecule has 1 heterocycles. The van der Waals surface area contributed by atoms with E-state index in [0.717, 1.165) is 27.3 Å². The Bertz CT molecular complexity index is 612. The summed E-state index contributed by atoms with van der Waals surface area (Å²) in [7, 11) is 1.60. The van der Waals surface area contributed by atoms with Crippen molar-refractivity contribution < 1.29 is 14.6 Å². The van der Waals surface area contributed by atoms with Gasteiger partial charge in [0.25, 0.3) is 0 Å². The molecule has 0 spiro atoms. The van der Waals surface area contributed by atoms with Crippen LogP contribution in [0.2, 0.25) is 0 Å². The maximum absolute atomic E-state index is 10.6. The molecule has 0 fully saturated rings. The summed E-state index contributed by atoms with van der Waals surface area (Å²) in [6.07, 6.45) is 2.71. The van der Waals surface area contributed by atoms with E-state index in [-0.39, 0.29) is 0 Å². The van der Waals surface area contributed by atoms with Gasteiger partial charge in [-0.1, -0.05) is 29.2 Å². The molecule has 1 aromatic carbocycles. The van der Waals surface area contributed by atoms with Crippen LogP contribution < -0.4 is 4.74 Å². The third-order valence-corrected chi connectivity index (χ3v) is 4.36. The molecule has 1 N–H and O–H groups in total. The molecular formula is C13H12N2O3S2. The Kier molecular flexibility index (Phi) is 5.14. The van der Waals surface area contributed by atoms with E-state index < -0.39 is 5.97 Å². The molecule has 2 aromatic rings. The van der Waals surface area contributed by atoms with E-state index in [2.05, 4.69) is 10.2 Å². The van der Waals surface area contributed by atoms with Crippen molar-refractivity contribution in [2.45, 2.75) is 10.1 Å². The van der Waals surface area contributed by atoms with Crippen LogP contribution in [0.4, 0.5) is 0 Å². The Balaban J connectivity index is 2.20. The molecule has 2 rings (SSSR count). The van der Waals surface area contributed by atoms with Crippen molar-refractivity contribution in [1.29, 1.82) is 0 Å². The number of aliphatic carboxylic acids is 1. The molecule has 0 unspecified atom stereocenters. The summed E-state index contributed by atoms with van der Waals surface area (Å²) in [6.45, 7) is 0. The number of benzene rings is 1. The molecule has 0 atom stereocenters. The first-order chi connectivity index (χ1) is 9.69. The lowest BCUT2D eigenvalue weighted by atomic mass is 10.1. The van der Waals surface area contributed by atoms with Crippen molar-refractivity contribution in [2.24, 2.45) is 0 Å². The fourth-order valence-corrected chi connectivity index (χ4v) is 3.01. The fourth-order valence-electron chi connectivity index (χ4n) is 1.52. The number of aromatic nitrogens is 2. The number of carboxylic acid groups (broad SMARTS) is 1. The third-order valence-electron chi connectivity index (χ3n) is 2.45. The maximum Gasteiger partial charge on any atom is 0.328 e. The van der Waals surface area contributed by atoms with E-state index in [0.29, 0.717) is 5.75 Å². The van der Waals surface area contributed by atoms with E-state index in [1.807, 2.05) is 12.1 Å². The van der Waals surface area contributed by atoms with Crippen molar-refractivity contribution in [3.05, 3.63) is 40.9 Å². The maximum atomic E-state index is 10.6. The Morgan fingerprint density at radius 2 is 2.40 bits per heavy atom. The van der Waals surface area contributed by atoms with Gasteiger partial charge in [-0.15, -0.1) is 10.2 Å². The smallest absolute Gasteiger partial charge is 0.328 e. The minimum atomic E-state index is -0.969. The highest BCUT2D eigenvalue weighted by Crippen LogP contribution is 2.28. The second kappa shape index (κ2) is 7.06. The molecule has 0 aliphatic rings. The van der Waals surface area contributed by atoms with Gasteiger partial charge in [0.1, 0.15) is 11.3 Å². The van der Waals surface area contributed by atoms with Gasteiger partial charge in [0.2, 0.25) is 0 Å². The van der Waals surface area contributed by atoms with Crippen molar-refractivity contribution >= 4 is 35.1 Å². The molecule has 5 nitrogen and oxygen atoms in total. The van der Waals surface area contributed by atoms with E-state index in [9.17, 15) is 4.79 Å². The molecule has 0 aliphatic carbocycles. The highest BCUT2D eigenvalue weighted by Gasteiger charge is 2.06. The van der Waals surface area contributed by atoms with Gasteiger partial charge >= 0.3 is 5.97 Å². The Morgan fingerprint density at radius 1 is 1.55 bits per heavy atom. The summed E-state index contributed by atoms with van der Waals surface area (Å²) in [5.74, 6) is 0.444. The Labute approximate surface area is 124 Å². The number of nitrogens with zero attached hydrogens (tertiary/aromatic N) is 2. The number of ether oxygens (including phenoxy) is 1. The number of hydrogen-bond donors (Lipinski definition) is 1. The van der Waals surface area contributed by atoms with Gasteiger partial charge < -0.3 is 9.84 Å². The van der Waals surface area contributed by atoms with E-state index in [1.165, 1.54) is 11.3 Å². The standard InChI is InChI=1S/C13H12N2O3S2/c1-18-11-4-2-9(3-5-12(16)17)10(6-11)7-19-13-15-14-8-20-13/h2-6,8H,7H2,1H3,(H,16,17). The minimum Gasteiger partial charge on any atom is -0.497 e. The van der Waals surface area contributed by atoms with E-state index >= 15 is 0 Å². The van der Waals surface area contributed by atoms with Crippen LogP contribution in [-0.4, -0.2) is 28.4 Å². The normalized spacial score (nSPS) is 10.8. The zero-order valence-corrected chi connectivity index (χ0v) is 12.3. The van der Waals surface area contributed by atoms with E-state index in [1.54, 1.807) is 36.5 Å². The summed E-state index contributed by atoms with van der Waals surface area (Å²) in [5, 5.41) is 16.5. The lowest BCUT2D eigenvalue weighted by Gasteiger charge is -2.07. The summed E-state index contributed by atoms with van der Waals surface area (Å²) in [4.78, 5) is 10.6. The number of methoxy groups -OCH3 is 1. The van der Waals surface area contributed by atoms with Gasteiger partial charge in [-0.2, -0.15) is 0 Å². The van der Waals surface area contributed by atoms with Crippen molar-refractivity contribution in [2.75, 3.05) is 7.11 Å². The topological polar surface area (TPSA) is 72.3 Å². The number of rotatable bonds is 6. The molecule has 0 amide bonds. The van der Waals surface area contributed by atoms with Gasteiger partial charge in [0, 0.05) is 11.8 Å². The van der Waals surface area contributed by atoms with E-state index in [4.69, 9.17) is 9.84 Å². The molecule has 0 aliphatic heterocycles. The van der Waals surface area contributed by atoms with Crippen molar-refractivity contribution in [3.8, 4) is 5.75 Å². The van der Waals surface area contributed by atoms with Crippen LogP contribution in [-0.2, 0) is 10.5 Å². The van der Waals surface area contributed by atoms with Crippen molar-refractivity contribution in [1.82, 2.24) is 10.2 Å². The highest BCUT2D eigenvalue weighted by molar-refractivity contribution is 8.00. The molecule has 0 saturated heterocycles. The average Bonchev–Trinajstić information content (AvgIpc) is 2.96. The molecule has 0 radical (unpaired) electrons. The molecule has 20 heavy (non-hydrogen) atoms. The van der Waals surface area contributed by atoms with Crippen LogP contribution in [0.25, 0.3) is 6.08 Å². The monoisotopic (exact) mass is 308 g/mol. The average molecular weight is 308 g/mol. The zero-order chi connectivity index (χ0) is 14.4. The first kappa shape index (κ1) is 14.5. The molecule has 1 aromatic heterocycles. The zero-order valence-electron chi connectivity index (χ0n) is 10.6. The highest BCUT2D eigenvalue weighted by atomic mass is 32.2. The number of thioether (sulfide) groups is 1. The lowest BCUT2D eigenvalue weighted by molar-refractivity contribution is -0.131. The quantitative estimate of drug-likeness (QED) is 0.653. The molecular weight excluding hydrogens is 296 g/mol. The van der Waals surface area contributed by atoms with Crippen LogP contribution >= 0.6 is 23.1 Å². The van der Waals surface area contributed by atoms with Gasteiger partial charge in [-0.05, 0) is 29.3 Å². The summed E-state index contributed by atoms with van der Waals surface area (Å²) < 4.78 is 6.07. The fraction of sp³-hybridized carbons (Fsp3) is 0.154. The van der Waals surface area contributed by atoms with Crippen LogP contribution in [0, 0.1) is 0 Å². The predicted molar refractivity (Wildman–Crippen MR) is 79.1 cm³/mol. The van der Waals surface area contributed by atoms with Crippen molar-refractivity contribution in [3.63, 3.8) is 0 Å². The Hall–Kier alpha value is -1.86. The molecule has 0 bridgehead atoms. The Morgan fingerprint density at radius 3 is 3.05 bits per heavy atom. The number of hydrogen-bond acceptors (Lipinski definition) is 6. The molecule has 104 valence electrons. The summed E-state index contributed by atoms with van der Waals surface area (Å²) in [5.41, 5.74) is 3.52. The minimum absolute atomic E-state index is 0.672.